The van der Waals surface area contributed by atoms with Crippen LogP contribution in [0.3, 0.4) is 0 Å². The molecule has 0 saturated carbocycles. The Hall–Kier alpha value is -2.09. The summed E-state index contributed by atoms with van der Waals surface area (Å²) < 4.78 is 29.3. The van der Waals surface area contributed by atoms with Crippen LogP contribution >= 0.6 is 11.6 Å². The number of fused-ring (bicyclic) bond motifs is 1. The molecule has 0 aliphatic rings. The fourth-order valence-electron chi connectivity index (χ4n) is 2.54. The van der Waals surface area contributed by atoms with Crippen LogP contribution in [0.1, 0.15) is 13.3 Å². The molecule has 0 amide bonds. The lowest BCUT2D eigenvalue weighted by molar-refractivity contribution is 0.179. The van der Waals surface area contributed by atoms with E-state index in [9.17, 15) is 13.5 Å². The van der Waals surface area contributed by atoms with Crippen LogP contribution in [0.15, 0.2) is 59.8 Å². The number of anilines is 1. The molecule has 25 heavy (non-hydrogen) atoms. The summed E-state index contributed by atoms with van der Waals surface area (Å²) >= 11 is 6.15. The zero-order valence-corrected chi connectivity index (χ0v) is 15.2. The second-order valence-electron chi connectivity index (χ2n) is 5.57. The van der Waals surface area contributed by atoms with Crippen LogP contribution in [0.5, 0.6) is 0 Å². The molecule has 1 aromatic carbocycles. The van der Waals surface area contributed by atoms with Crippen LogP contribution in [-0.2, 0) is 10.0 Å². The first-order valence-corrected chi connectivity index (χ1v) is 9.65. The van der Waals surface area contributed by atoms with Crippen molar-refractivity contribution in [2.75, 3.05) is 10.8 Å². The summed E-state index contributed by atoms with van der Waals surface area (Å²) in [6, 6.07) is 13.8. The van der Waals surface area contributed by atoms with Crippen molar-refractivity contribution in [2.45, 2.75) is 24.5 Å². The number of pyridine rings is 1. The molecule has 6 nitrogen and oxygen atoms in total. The van der Waals surface area contributed by atoms with Crippen LogP contribution in [0.4, 0.5) is 5.69 Å². The minimum atomic E-state index is -4.03. The molecule has 8 heteroatoms. The van der Waals surface area contributed by atoms with Gasteiger partial charge in [-0.1, -0.05) is 42.8 Å². The van der Waals surface area contributed by atoms with Crippen LogP contribution in [-0.4, -0.2) is 35.6 Å². The number of aromatic nitrogens is 2. The fourth-order valence-corrected chi connectivity index (χ4v) is 4.64. The molecule has 0 saturated heterocycles. The number of aliphatic hydroxyl groups excluding tert-OH is 1. The molecular formula is C17H18ClN3O3S. The number of benzene rings is 1. The van der Waals surface area contributed by atoms with Gasteiger partial charge in [0.05, 0.1) is 18.3 Å². The number of hydrogen-bond acceptors (Lipinski definition) is 4. The molecule has 2 aromatic heterocycles. The molecule has 1 atom stereocenters. The first kappa shape index (κ1) is 17.7. The highest BCUT2D eigenvalue weighted by Gasteiger charge is 2.32. The van der Waals surface area contributed by atoms with Crippen LogP contribution < -0.4 is 4.31 Å². The van der Waals surface area contributed by atoms with Gasteiger partial charge < -0.3 is 5.11 Å². The molecule has 3 rings (SSSR count). The lowest BCUT2D eigenvalue weighted by atomic mass is 10.2. The Morgan fingerprint density at radius 1 is 1.20 bits per heavy atom. The Bertz CT molecular complexity index is 973. The SMILES string of the molecule is CC[C@@H](O)CN(c1ccccc1)S(=O)(=O)c1c(Cl)nc2ccccn12. The van der Waals surface area contributed by atoms with Crippen LogP contribution in [0, 0.1) is 0 Å². The van der Waals surface area contributed by atoms with Crippen molar-refractivity contribution >= 4 is 33.0 Å². The van der Waals surface area contributed by atoms with Gasteiger partial charge >= 0.3 is 0 Å². The van der Waals surface area contributed by atoms with Crippen molar-refractivity contribution in [2.24, 2.45) is 0 Å². The Kier molecular flexibility index (Phi) is 4.99. The van der Waals surface area contributed by atoms with E-state index in [1.54, 1.807) is 61.7 Å². The van der Waals surface area contributed by atoms with Crippen molar-refractivity contribution in [3.05, 3.63) is 59.9 Å². The molecule has 0 fully saturated rings. The van der Waals surface area contributed by atoms with Gasteiger partial charge in [0.15, 0.2) is 10.2 Å². The number of rotatable bonds is 6. The van der Waals surface area contributed by atoms with Gasteiger partial charge in [0.1, 0.15) is 5.65 Å². The number of aliphatic hydroxyl groups is 1. The van der Waals surface area contributed by atoms with E-state index in [2.05, 4.69) is 4.98 Å². The van der Waals surface area contributed by atoms with E-state index < -0.39 is 16.1 Å². The van der Waals surface area contributed by atoms with E-state index in [1.807, 2.05) is 0 Å². The third kappa shape index (κ3) is 3.35. The van der Waals surface area contributed by atoms with Gasteiger partial charge in [0, 0.05) is 6.20 Å². The highest BCUT2D eigenvalue weighted by atomic mass is 35.5. The summed E-state index contributed by atoms with van der Waals surface area (Å²) in [5.74, 6) is 0. The van der Waals surface area contributed by atoms with E-state index in [-0.39, 0.29) is 16.7 Å². The highest BCUT2D eigenvalue weighted by molar-refractivity contribution is 7.92. The molecule has 0 aliphatic heterocycles. The normalized spacial score (nSPS) is 13.1. The van der Waals surface area contributed by atoms with Crippen LogP contribution in [0.2, 0.25) is 5.15 Å². The number of hydrogen-bond donors (Lipinski definition) is 1. The van der Waals surface area contributed by atoms with Gasteiger partial charge in [-0.05, 0) is 30.7 Å². The first-order valence-electron chi connectivity index (χ1n) is 7.83. The Labute approximate surface area is 151 Å². The average Bonchev–Trinajstić information content (AvgIpc) is 2.96. The van der Waals surface area contributed by atoms with E-state index in [0.29, 0.717) is 17.8 Å². The zero-order chi connectivity index (χ0) is 18.0. The third-order valence-corrected chi connectivity index (χ3v) is 6.07. The topological polar surface area (TPSA) is 74.9 Å². The number of sulfonamides is 1. The summed E-state index contributed by atoms with van der Waals surface area (Å²) in [6.07, 6.45) is 1.23. The molecular weight excluding hydrogens is 362 g/mol. The van der Waals surface area contributed by atoms with Crippen molar-refractivity contribution in [1.82, 2.24) is 9.38 Å². The molecule has 0 unspecified atom stereocenters. The molecule has 3 aromatic rings. The van der Waals surface area contributed by atoms with E-state index in [4.69, 9.17) is 11.6 Å². The molecule has 0 radical (unpaired) electrons. The van der Waals surface area contributed by atoms with Gasteiger partial charge in [-0.25, -0.2) is 4.98 Å². The van der Waals surface area contributed by atoms with Gasteiger partial charge in [-0.15, -0.1) is 0 Å². The highest BCUT2D eigenvalue weighted by Crippen LogP contribution is 2.29. The maximum Gasteiger partial charge on any atom is 0.283 e. The molecule has 1 N–H and O–H groups in total. The second-order valence-corrected chi connectivity index (χ2v) is 7.71. The lowest BCUT2D eigenvalue weighted by Gasteiger charge is -2.26. The molecule has 0 aliphatic carbocycles. The second kappa shape index (κ2) is 7.03. The summed E-state index contributed by atoms with van der Waals surface area (Å²) in [4.78, 5) is 4.11. The van der Waals surface area contributed by atoms with E-state index in [0.717, 1.165) is 0 Å². The smallest absolute Gasteiger partial charge is 0.283 e. The van der Waals surface area contributed by atoms with Gasteiger partial charge in [0.2, 0.25) is 0 Å². The molecule has 0 spiro atoms. The maximum absolute atomic E-state index is 13.3. The van der Waals surface area contributed by atoms with Crippen molar-refractivity contribution < 1.29 is 13.5 Å². The average molecular weight is 380 g/mol. The van der Waals surface area contributed by atoms with Crippen molar-refractivity contribution in [3.8, 4) is 0 Å². The summed E-state index contributed by atoms with van der Waals surface area (Å²) in [5.41, 5.74) is 0.895. The van der Waals surface area contributed by atoms with E-state index >= 15 is 0 Å². The number of para-hydroxylation sites is 1. The maximum atomic E-state index is 13.3. The molecule has 0 bridgehead atoms. The third-order valence-electron chi connectivity index (χ3n) is 3.87. The monoisotopic (exact) mass is 379 g/mol. The zero-order valence-electron chi connectivity index (χ0n) is 13.6. The molecule has 132 valence electrons. The van der Waals surface area contributed by atoms with Crippen LogP contribution in [0.25, 0.3) is 5.65 Å². The minimum Gasteiger partial charge on any atom is -0.391 e. The first-order chi connectivity index (χ1) is 11.9. The predicted octanol–water partition coefficient (Wildman–Crippen LogP) is 2.95. The van der Waals surface area contributed by atoms with Gasteiger partial charge in [-0.2, -0.15) is 8.42 Å². The van der Waals surface area contributed by atoms with E-state index in [1.165, 1.54) is 8.71 Å². The molecule has 2 heterocycles. The largest absolute Gasteiger partial charge is 0.391 e. The van der Waals surface area contributed by atoms with Crippen molar-refractivity contribution in [3.63, 3.8) is 0 Å². The van der Waals surface area contributed by atoms with Gasteiger partial charge in [0.25, 0.3) is 10.0 Å². The summed E-state index contributed by atoms with van der Waals surface area (Å²) in [5, 5.41) is 9.86. The summed E-state index contributed by atoms with van der Waals surface area (Å²) in [6.45, 7) is 1.72. The minimum absolute atomic E-state index is 0.0702. The predicted molar refractivity (Wildman–Crippen MR) is 97.5 cm³/mol. The lowest BCUT2D eigenvalue weighted by Crippen LogP contribution is -2.38. The summed E-state index contributed by atoms with van der Waals surface area (Å²) in [7, 11) is -4.03. The Morgan fingerprint density at radius 2 is 1.88 bits per heavy atom. The van der Waals surface area contributed by atoms with Gasteiger partial charge in [-0.3, -0.25) is 8.71 Å². The standard InChI is InChI=1S/C17H18ClN3O3S/c1-2-14(22)12-21(13-8-4-3-5-9-13)25(23,24)17-16(18)19-15-10-6-7-11-20(15)17/h3-11,14,22H,2,12H2,1H3/t14-/m1/s1. The number of imidazole rings is 1. The Balaban J connectivity index is 2.18. The fraction of sp³-hybridized carbons (Fsp3) is 0.235. The Morgan fingerprint density at radius 3 is 2.56 bits per heavy atom. The number of halogens is 1. The van der Waals surface area contributed by atoms with Crippen molar-refractivity contribution in [1.29, 1.82) is 0 Å². The quantitative estimate of drug-likeness (QED) is 0.714. The number of nitrogens with zero attached hydrogens (tertiary/aromatic N) is 3.